The van der Waals surface area contributed by atoms with Crippen molar-refractivity contribution in [1.29, 1.82) is 0 Å². The molecule has 0 radical (unpaired) electrons. The molecule has 4 nitrogen and oxygen atoms in total. The van der Waals surface area contributed by atoms with Crippen LogP contribution in [0.4, 0.5) is 0 Å². The Morgan fingerprint density at radius 2 is 1.55 bits per heavy atom. The van der Waals surface area contributed by atoms with E-state index in [0.29, 0.717) is 12.2 Å². The zero-order chi connectivity index (χ0) is 24.8. The molecule has 33 heavy (non-hydrogen) atoms. The van der Waals surface area contributed by atoms with E-state index >= 15 is 0 Å². The highest BCUT2D eigenvalue weighted by molar-refractivity contribution is 5.83. The fourth-order valence-corrected chi connectivity index (χ4v) is 4.48. The van der Waals surface area contributed by atoms with Crippen molar-refractivity contribution in [2.24, 2.45) is 5.41 Å². The van der Waals surface area contributed by atoms with E-state index in [9.17, 15) is 9.90 Å². The smallest absolute Gasteiger partial charge is 0.138 e. The highest BCUT2D eigenvalue weighted by atomic mass is 16.5. The molecule has 0 aliphatic heterocycles. The molecule has 0 unspecified atom stereocenters. The van der Waals surface area contributed by atoms with Crippen molar-refractivity contribution in [2.45, 2.75) is 85.7 Å². The molecule has 2 aromatic rings. The van der Waals surface area contributed by atoms with Crippen molar-refractivity contribution in [3.8, 4) is 5.75 Å². The first-order valence-electron chi connectivity index (χ1n) is 12.1. The number of ether oxygens (including phenoxy) is 1. The molecule has 0 fully saturated rings. The standard InChI is InChI=1S/C29H42O4/c1-8-29(9-2,24-13-14-26(21(4)17-24)33-19-25(31)18-30)23-12-10-22(20(3)16-23)11-15-27(32)28(5,6)7/h10,12-14,16-17,25,30-31H,8-9,11,15,18-19H2,1-7H3/t25-/m1/s1. The van der Waals surface area contributed by atoms with Gasteiger partial charge in [-0.2, -0.15) is 0 Å². The summed E-state index contributed by atoms with van der Waals surface area (Å²) >= 11 is 0. The number of ketones is 1. The van der Waals surface area contributed by atoms with Crippen LogP contribution in [0.5, 0.6) is 5.75 Å². The van der Waals surface area contributed by atoms with Gasteiger partial charge < -0.3 is 14.9 Å². The molecule has 182 valence electrons. The Morgan fingerprint density at radius 3 is 2.03 bits per heavy atom. The van der Waals surface area contributed by atoms with Gasteiger partial charge in [0.2, 0.25) is 0 Å². The molecule has 0 saturated heterocycles. The molecule has 0 amide bonds. The minimum atomic E-state index is -0.880. The lowest BCUT2D eigenvalue weighted by Crippen LogP contribution is -2.27. The molecule has 0 aliphatic rings. The predicted octanol–water partition coefficient (Wildman–Crippen LogP) is 5.69. The fraction of sp³-hybridized carbons (Fsp3) is 0.552. The monoisotopic (exact) mass is 454 g/mol. The van der Waals surface area contributed by atoms with Crippen LogP contribution in [0.15, 0.2) is 36.4 Å². The van der Waals surface area contributed by atoms with E-state index in [1.807, 2.05) is 33.8 Å². The number of hydrogen-bond donors (Lipinski definition) is 2. The Balaban J connectivity index is 2.32. The summed E-state index contributed by atoms with van der Waals surface area (Å²) in [7, 11) is 0. The van der Waals surface area contributed by atoms with Gasteiger partial charge in [-0.05, 0) is 67.0 Å². The van der Waals surface area contributed by atoms with Gasteiger partial charge in [0.25, 0.3) is 0 Å². The first-order chi connectivity index (χ1) is 15.5. The van der Waals surface area contributed by atoms with Gasteiger partial charge in [-0.3, -0.25) is 4.79 Å². The maximum atomic E-state index is 12.4. The molecule has 0 spiro atoms. The topological polar surface area (TPSA) is 66.8 Å². The molecule has 2 N–H and O–H groups in total. The number of benzene rings is 2. The summed E-state index contributed by atoms with van der Waals surface area (Å²) in [6, 6.07) is 13.0. The third-order valence-corrected chi connectivity index (χ3v) is 6.93. The number of carbonyl (C=O) groups excluding carboxylic acids is 1. The van der Waals surface area contributed by atoms with Gasteiger partial charge in [0.1, 0.15) is 24.2 Å². The van der Waals surface area contributed by atoms with E-state index in [4.69, 9.17) is 9.84 Å². The van der Waals surface area contributed by atoms with Crippen LogP contribution in [0.25, 0.3) is 0 Å². The summed E-state index contributed by atoms with van der Waals surface area (Å²) in [4.78, 5) is 12.4. The Bertz CT molecular complexity index is 935. The third-order valence-electron chi connectivity index (χ3n) is 6.93. The van der Waals surface area contributed by atoms with Gasteiger partial charge in [0.05, 0.1) is 6.61 Å². The quantitative estimate of drug-likeness (QED) is 0.458. The molecule has 2 rings (SSSR count). The van der Waals surface area contributed by atoms with E-state index in [2.05, 4.69) is 51.1 Å². The maximum Gasteiger partial charge on any atom is 0.138 e. The van der Waals surface area contributed by atoms with E-state index in [-0.39, 0.29) is 24.0 Å². The van der Waals surface area contributed by atoms with Crippen molar-refractivity contribution >= 4 is 5.78 Å². The SMILES string of the molecule is CCC(CC)(c1ccc(CCC(=O)C(C)(C)C)c(C)c1)c1ccc(OC[C@H](O)CO)c(C)c1. The molecular formula is C29H42O4. The molecule has 1 atom stereocenters. The molecule has 0 aliphatic carbocycles. The molecule has 0 heterocycles. The first-order valence-corrected chi connectivity index (χ1v) is 12.1. The number of carbonyl (C=O) groups is 1. The van der Waals surface area contributed by atoms with Crippen LogP contribution in [-0.2, 0) is 16.6 Å². The maximum absolute atomic E-state index is 12.4. The highest BCUT2D eigenvalue weighted by Crippen LogP contribution is 2.41. The first kappa shape index (κ1) is 27.1. The predicted molar refractivity (Wildman–Crippen MR) is 135 cm³/mol. The van der Waals surface area contributed by atoms with E-state index in [1.54, 1.807) is 0 Å². The van der Waals surface area contributed by atoms with Crippen molar-refractivity contribution in [3.63, 3.8) is 0 Å². The summed E-state index contributed by atoms with van der Waals surface area (Å²) < 4.78 is 5.70. The Kier molecular flexibility index (Phi) is 9.28. The second kappa shape index (κ2) is 11.3. The Morgan fingerprint density at radius 1 is 0.970 bits per heavy atom. The average Bonchev–Trinajstić information content (AvgIpc) is 2.78. The summed E-state index contributed by atoms with van der Waals surface area (Å²) in [5, 5.41) is 18.6. The lowest BCUT2D eigenvalue weighted by atomic mass is 9.69. The van der Waals surface area contributed by atoms with Crippen LogP contribution in [0, 0.1) is 19.3 Å². The van der Waals surface area contributed by atoms with Crippen LogP contribution >= 0.6 is 0 Å². The van der Waals surface area contributed by atoms with Crippen molar-refractivity contribution in [2.75, 3.05) is 13.2 Å². The number of aliphatic hydroxyl groups is 2. The van der Waals surface area contributed by atoms with E-state index < -0.39 is 6.10 Å². The summed E-state index contributed by atoms with van der Waals surface area (Å²) in [5.74, 6) is 1.02. The van der Waals surface area contributed by atoms with E-state index in [0.717, 1.165) is 30.6 Å². The molecule has 0 aromatic heterocycles. The van der Waals surface area contributed by atoms with Gasteiger partial charge in [0, 0.05) is 17.3 Å². The van der Waals surface area contributed by atoms with Crippen LogP contribution in [-0.4, -0.2) is 35.3 Å². The van der Waals surface area contributed by atoms with Crippen molar-refractivity contribution < 1.29 is 19.7 Å². The number of Topliss-reactive ketones (excluding diaryl/α,β-unsaturated/α-hetero) is 1. The number of aliphatic hydroxyl groups excluding tert-OH is 2. The lowest BCUT2D eigenvalue weighted by molar-refractivity contribution is -0.126. The lowest BCUT2D eigenvalue weighted by Gasteiger charge is -2.34. The van der Waals surface area contributed by atoms with Crippen LogP contribution in [0.2, 0.25) is 0 Å². The van der Waals surface area contributed by atoms with Crippen LogP contribution < -0.4 is 4.74 Å². The minimum Gasteiger partial charge on any atom is -0.491 e. The molecule has 4 heteroatoms. The third kappa shape index (κ3) is 6.45. The van der Waals surface area contributed by atoms with Gasteiger partial charge >= 0.3 is 0 Å². The summed E-state index contributed by atoms with van der Waals surface area (Å²) in [6.45, 7) is 14.3. The Hall–Kier alpha value is -2.17. The Labute approximate surface area is 200 Å². The van der Waals surface area contributed by atoms with E-state index in [1.165, 1.54) is 22.3 Å². The number of rotatable bonds is 11. The average molecular weight is 455 g/mol. The van der Waals surface area contributed by atoms with Crippen LogP contribution in [0.3, 0.4) is 0 Å². The molecule has 0 bridgehead atoms. The molecular weight excluding hydrogens is 412 g/mol. The zero-order valence-corrected chi connectivity index (χ0v) is 21.5. The number of hydrogen-bond acceptors (Lipinski definition) is 4. The summed E-state index contributed by atoms with van der Waals surface area (Å²) in [5.41, 5.74) is 5.61. The van der Waals surface area contributed by atoms with Crippen molar-refractivity contribution in [1.82, 2.24) is 0 Å². The van der Waals surface area contributed by atoms with Gasteiger partial charge in [-0.15, -0.1) is 0 Å². The van der Waals surface area contributed by atoms with Gasteiger partial charge in [-0.25, -0.2) is 0 Å². The van der Waals surface area contributed by atoms with Gasteiger partial charge in [0.15, 0.2) is 0 Å². The zero-order valence-electron chi connectivity index (χ0n) is 21.5. The fourth-order valence-electron chi connectivity index (χ4n) is 4.48. The van der Waals surface area contributed by atoms with Gasteiger partial charge in [-0.1, -0.05) is 65.0 Å². The largest absolute Gasteiger partial charge is 0.491 e. The van der Waals surface area contributed by atoms with Crippen LogP contribution in [0.1, 0.15) is 81.7 Å². The normalized spacial score (nSPS) is 13.1. The van der Waals surface area contributed by atoms with Crippen molar-refractivity contribution in [3.05, 3.63) is 64.2 Å². The molecule has 0 saturated carbocycles. The minimum absolute atomic E-state index is 0.0712. The highest BCUT2D eigenvalue weighted by Gasteiger charge is 2.31. The number of aryl methyl sites for hydroxylation is 3. The second-order valence-electron chi connectivity index (χ2n) is 10.2. The summed E-state index contributed by atoms with van der Waals surface area (Å²) in [6.07, 6.45) is 2.40. The second-order valence-corrected chi connectivity index (χ2v) is 10.2. The molecule has 2 aromatic carbocycles.